The maximum absolute atomic E-state index is 13.2. The number of carbonyl (C=O) groups is 2. The van der Waals surface area contributed by atoms with E-state index in [0.29, 0.717) is 0 Å². The molecule has 162 valence electrons. The van der Waals surface area contributed by atoms with Gasteiger partial charge < -0.3 is 10.2 Å². The Labute approximate surface area is 180 Å². The predicted molar refractivity (Wildman–Crippen MR) is 119 cm³/mol. The van der Waals surface area contributed by atoms with Gasteiger partial charge in [0.2, 0.25) is 5.91 Å². The maximum atomic E-state index is 13.2. The fourth-order valence-electron chi connectivity index (χ4n) is 7.07. The van der Waals surface area contributed by atoms with E-state index in [1.807, 2.05) is 24.3 Å². The molecule has 6 rings (SSSR count). The topological polar surface area (TPSA) is 52.7 Å². The Hall–Kier alpha value is -1.88. The first-order valence-electron chi connectivity index (χ1n) is 11.8. The molecule has 1 aromatic carbocycles. The van der Waals surface area contributed by atoms with Crippen molar-refractivity contribution in [2.45, 2.75) is 64.0 Å². The molecule has 1 N–H and O–H groups in total. The Balaban J connectivity index is 1.16. The van der Waals surface area contributed by atoms with E-state index in [1.165, 1.54) is 38.5 Å². The Morgan fingerprint density at radius 2 is 1.47 bits per heavy atom. The van der Waals surface area contributed by atoms with Crippen molar-refractivity contribution in [1.29, 1.82) is 0 Å². The summed E-state index contributed by atoms with van der Waals surface area (Å²) in [6, 6.07) is 7.82. The van der Waals surface area contributed by atoms with Crippen LogP contribution < -0.4 is 10.2 Å². The van der Waals surface area contributed by atoms with E-state index in [-0.39, 0.29) is 23.3 Å². The third-order valence-electron chi connectivity index (χ3n) is 8.31. The first-order valence-corrected chi connectivity index (χ1v) is 11.8. The van der Waals surface area contributed by atoms with E-state index in [0.717, 1.165) is 55.2 Å². The van der Waals surface area contributed by atoms with Crippen LogP contribution in [0.15, 0.2) is 24.3 Å². The molecule has 5 heteroatoms. The van der Waals surface area contributed by atoms with Gasteiger partial charge in [0.15, 0.2) is 5.78 Å². The number of amides is 1. The number of benzene rings is 1. The van der Waals surface area contributed by atoms with Crippen LogP contribution >= 0.6 is 0 Å². The molecule has 5 nitrogen and oxygen atoms in total. The number of rotatable bonds is 5. The van der Waals surface area contributed by atoms with Gasteiger partial charge in [0.1, 0.15) is 0 Å². The predicted octanol–water partition coefficient (Wildman–Crippen LogP) is 3.48. The monoisotopic (exact) mass is 409 g/mol. The molecule has 1 aliphatic heterocycles. The minimum atomic E-state index is -0.0692. The highest BCUT2D eigenvalue weighted by Gasteiger charge is 2.51. The van der Waals surface area contributed by atoms with Crippen LogP contribution in [0, 0.1) is 17.8 Å². The van der Waals surface area contributed by atoms with Crippen molar-refractivity contribution in [1.82, 2.24) is 10.2 Å². The summed E-state index contributed by atoms with van der Waals surface area (Å²) >= 11 is 0. The van der Waals surface area contributed by atoms with Gasteiger partial charge >= 0.3 is 0 Å². The molecule has 1 atom stereocenters. The van der Waals surface area contributed by atoms with E-state index in [4.69, 9.17) is 0 Å². The summed E-state index contributed by atoms with van der Waals surface area (Å²) in [7, 11) is 0. The number of nitrogens with zero attached hydrogens (tertiary/aromatic N) is 2. The Bertz CT molecular complexity index is 775. The number of hydrogen-bond donors (Lipinski definition) is 1. The summed E-state index contributed by atoms with van der Waals surface area (Å²) in [4.78, 5) is 29.3. The first kappa shape index (κ1) is 20.0. The fourth-order valence-corrected chi connectivity index (χ4v) is 7.07. The van der Waals surface area contributed by atoms with Gasteiger partial charge in [-0.2, -0.15) is 0 Å². The number of piperazine rings is 1. The number of ketones is 1. The maximum Gasteiger partial charge on any atom is 0.237 e. The van der Waals surface area contributed by atoms with Crippen LogP contribution in [0.25, 0.3) is 0 Å². The van der Waals surface area contributed by atoms with Gasteiger partial charge in [0, 0.05) is 43.0 Å². The van der Waals surface area contributed by atoms with Crippen LogP contribution in [0.5, 0.6) is 0 Å². The van der Waals surface area contributed by atoms with Crippen LogP contribution in [0.2, 0.25) is 0 Å². The van der Waals surface area contributed by atoms with E-state index in [1.54, 1.807) is 6.92 Å². The largest absolute Gasteiger partial charge is 0.369 e. The molecule has 1 aromatic rings. The van der Waals surface area contributed by atoms with Crippen LogP contribution in [-0.4, -0.2) is 54.4 Å². The number of nitrogens with one attached hydrogen (secondary N) is 1. The second-order valence-corrected chi connectivity index (χ2v) is 10.5. The zero-order valence-corrected chi connectivity index (χ0v) is 18.4. The molecule has 30 heavy (non-hydrogen) atoms. The second-order valence-electron chi connectivity index (χ2n) is 10.5. The fraction of sp³-hybridized carbons (Fsp3) is 0.680. The summed E-state index contributed by atoms with van der Waals surface area (Å²) in [6.45, 7) is 7.29. The molecular weight excluding hydrogens is 374 g/mol. The third-order valence-corrected chi connectivity index (χ3v) is 8.31. The number of anilines is 1. The van der Waals surface area contributed by atoms with Crippen LogP contribution in [0.3, 0.4) is 0 Å². The zero-order valence-electron chi connectivity index (χ0n) is 18.4. The van der Waals surface area contributed by atoms with Crippen molar-refractivity contribution < 1.29 is 9.59 Å². The first-order chi connectivity index (χ1) is 14.4. The number of hydrogen-bond acceptors (Lipinski definition) is 4. The second kappa shape index (κ2) is 7.67. The molecule has 0 unspecified atom stereocenters. The quantitative estimate of drug-likeness (QED) is 0.757. The summed E-state index contributed by atoms with van der Waals surface area (Å²) in [5.74, 6) is 2.89. The molecule has 4 aliphatic carbocycles. The SMILES string of the molecule is CC(=O)c1ccc(N2CCN([C@@H](C)C(=O)NC34CC5CC(CC(C5)C3)C4)CC2)cc1. The van der Waals surface area contributed by atoms with Gasteiger partial charge in [-0.05, 0) is 94.4 Å². The zero-order chi connectivity index (χ0) is 20.9. The van der Waals surface area contributed by atoms with E-state index >= 15 is 0 Å². The Kier molecular flexibility index (Phi) is 5.12. The highest BCUT2D eigenvalue weighted by Crippen LogP contribution is 2.55. The van der Waals surface area contributed by atoms with Crippen LogP contribution in [-0.2, 0) is 4.79 Å². The minimum absolute atomic E-state index is 0.0692. The normalized spacial score (nSPS) is 34.1. The van der Waals surface area contributed by atoms with Crippen LogP contribution in [0.1, 0.15) is 62.7 Å². The van der Waals surface area contributed by atoms with Crippen molar-refractivity contribution >= 4 is 17.4 Å². The summed E-state index contributed by atoms with van der Waals surface area (Å²) < 4.78 is 0. The van der Waals surface area contributed by atoms with Gasteiger partial charge in [-0.3, -0.25) is 14.5 Å². The standard InChI is InChI=1S/C25H35N3O2/c1-17(24(30)26-25-14-19-11-20(15-25)13-21(12-19)16-25)27-7-9-28(10-8-27)23-5-3-22(4-6-23)18(2)29/h3-6,17,19-21H,7-16H2,1-2H3,(H,26,30)/t17-,19?,20?,21?,25?/m0/s1. The molecule has 0 spiro atoms. The lowest BCUT2D eigenvalue weighted by atomic mass is 9.53. The smallest absolute Gasteiger partial charge is 0.237 e. The van der Waals surface area contributed by atoms with Crippen LogP contribution in [0.4, 0.5) is 5.69 Å². The molecule has 5 fully saturated rings. The highest BCUT2D eigenvalue weighted by molar-refractivity contribution is 5.94. The Morgan fingerprint density at radius 1 is 0.933 bits per heavy atom. The molecule has 4 saturated carbocycles. The molecule has 1 heterocycles. The molecule has 1 amide bonds. The van der Waals surface area contributed by atoms with Crippen molar-refractivity contribution in [2.24, 2.45) is 17.8 Å². The minimum Gasteiger partial charge on any atom is -0.369 e. The molecule has 1 saturated heterocycles. The summed E-state index contributed by atoms with van der Waals surface area (Å²) in [5, 5.41) is 3.56. The van der Waals surface area contributed by atoms with Gasteiger partial charge in [0.25, 0.3) is 0 Å². The molecule has 0 aromatic heterocycles. The highest BCUT2D eigenvalue weighted by atomic mass is 16.2. The average Bonchev–Trinajstić information content (AvgIpc) is 2.72. The molecule has 4 bridgehead atoms. The van der Waals surface area contributed by atoms with Gasteiger partial charge in [-0.15, -0.1) is 0 Å². The lowest BCUT2D eigenvalue weighted by molar-refractivity contribution is -0.131. The summed E-state index contributed by atoms with van der Waals surface area (Å²) in [6.07, 6.45) is 7.84. The van der Waals surface area contributed by atoms with E-state index in [9.17, 15) is 9.59 Å². The number of Topliss-reactive ketones (excluding diaryl/α,β-unsaturated/α-hetero) is 1. The van der Waals surface area contributed by atoms with E-state index in [2.05, 4.69) is 22.0 Å². The summed E-state index contributed by atoms with van der Waals surface area (Å²) in [5.41, 5.74) is 2.01. The Morgan fingerprint density at radius 3 is 1.97 bits per heavy atom. The molecule has 0 radical (unpaired) electrons. The average molecular weight is 410 g/mol. The van der Waals surface area contributed by atoms with Gasteiger partial charge in [0.05, 0.1) is 6.04 Å². The lowest BCUT2D eigenvalue weighted by Crippen LogP contribution is -2.63. The molecular formula is C25H35N3O2. The van der Waals surface area contributed by atoms with Crippen molar-refractivity contribution in [3.05, 3.63) is 29.8 Å². The van der Waals surface area contributed by atoms with Crippen molar-refractivity contribution in [3.8, 4) is 0 Å². The van der Waals surface area contributed by atoms with Gasteiger partial charge in [-0.1, -0.05) is 0 Å². The van der Waals surface area contributed by atoms with Crippen molar-refractivity contribution in [2.75, 3.05) is 31.1 Å². The lowest BCUT2D eigenvalue weighted by Gasteiger charge is -2.57. The van der Waals surface area contributed by atoms with Crippen molar-refractivity contribution in [3.63, 3.8) is 0 Å². The third kappa shape index (κ3) is 3.77. The van der Waals surface area contributed by atoms with E-state index < -0.39 is 0 Å². The molecule has 5 aliphatic rings. The number of carbonyl (C=O) groups excluding carboxylic acids is 2. The van der Waals surface area contributed by atoms with Gasteiger partial charge in [-0.25, -0.2) is 0 Å².